The Morgan fingerprint density at radius 2 is 2.11 bits per heavy atom. The Morgan fingerprint density at radius 1 is 1.25 bits per heavy atom. The van der Waals surface area contributed by atoms with Gasteiger partial charge in [-0.25, -0.2) is 4.79 Å². The van der Waals surface area contributed by atoms with E-state index in [4.69, 9.17) is 9.47 Å². The minimum atomic E-state index is -0.493. The maximum Gasteiger partial charge on any atom is 0.410 e. The molecule has 0 N–H and O–H groups in total. The van der Waals surface area contributed by atoms with Crippen LogP contribution in [-0.2, 0) is 15.9 Å². The average molecular weight is 380 g/mol. The maximum absolute atomic E-state index is 12.7. The van der Waals surface area contributed by atoms with Gasteiger partial charge in [0.1, 0.15) is 11.7 Å². The van der Waals surface area contributed by atoms with Crippen molar-refractivity contribution in [3.63, 3.8) is 0 Å². The highest BCUT2D eigenvalue weighted by Gasteiger charge is 2.40. The Bertz CT molecular complexity index is 845. The number of fused-ring (bicyclic) bond motifs is 1. The summed E-state index contributed by atoms with van der Waals surface area (Å²) in [6.07, 6.45) is 4.27. The first kappa shape index (κ1) is 18.9. The molecule has 1 aromatic heterocycles. The van der Waals surface area contributed by atoms with E-state index >= 15 is 0 Å². The summed E-state index contributed by atoms with van der Waals surface area (Å²) in [6, 6.07) is 12.5. The molecule has 1 unspecified atom stereocenters. The number of benzene rings is 1. The second-order valence-corrected chi connectivity index (χ2v) is 8.55. The second-order valence-electron chi connectivity index (χ2n) is 8.55. The fourth-order valence-electron chi connectivity index (χ4n) is 4.15. The van der Waals surface area contributed by atoms with Crippen molar-refractivity contribution in [2.45, 2.75) is 57.8 Å². The van der Waals surface area contributed by atoms with Crippen LogP contribution >= 0.6 is 0 Å². The molecule has 2 aliphatic heterocycles. The molecule has 1 aromatic carbocycles. The van der Waals surface area contributed by atoms with Gasteiger partial charge >= 0.3 is 6.09 Å². The summed E-state index contributed by atoms with van der Waals surface area (Å²) < 4.78 is 11.8. The zero-order valence-corrected chi connectivity index (χ0v) is 16.9. The van der Waals surface area contributed by atoms with E-state index < -0.39 is 5.60 Å². The summed E-state index contributed by atoms with van der Waals surface area (Å²) in [5.41, 5.74) is 4.08. The molecule has 2 aliphatic rings. The maximum atomic E-state index is 12.7. The second kappa shape index (κ2) is 7.55. The zero-order valence-electron chi connectivity index (χ0n) is 16.9. The number of likely N-dealkylation sites (tertiary alicyclic amines) is 1. The van der Waals surface area contributed by atoms with Crippen LogP contribution in [-0.4, -0.2) is 40.8 Å². The lowest BCUT2D eigenvalue weighted by atomic mass is 9.90. The van der Waals surface area contributed by atoms with Gasteiger partial charge in [-0.05, 0) is 69.4 Å². The standard InChI is InChI=1S/C23H28N2O3/c1-23(2,3)28-22(26)25-13-6-8-20(25)21-18-10-9-17(15-16(18)11-14-27-21)19-7-4-5-12-24-19/h4-5,7,9-10,12,15,20-21H,6,8,11,13-14H2,1-3H3/t20?,21-/m0/s1. The molecule has 2 atom stereocenters. The van der Waals surface area contributed by atoms with Crippen LogP contribution in [0.4, 0.5) is 4.79 Å². The highest BCUT2D eigenvalue weighted by Crippen LogP contribution is 2.38. The zero-order chi connectivity index (χ0) is 19.7. The minimum Gasteiger partial charge on any atom is -0.444 e. The SMILES string of the molecule is CC(C)(C)OC(=O)N1CCCC1[C@H]1OCCc2cc(-c3ccccn3)ccc21. The van der Waals surface area contributed by atoms with E-state index in [1.807, 2.05) is 50.1 Å². The predicted molar refractivity (Wildman–Crippen MR) is 108 cm³/mol. The van der Waals surface area contributed by atoms with Crippen LogP contribution in [0.1, 0.15) is 50.8 Å². The van der Waals surface area contributed by atoms with E-state index in [-0.39, 0.29) is 18.2 Å². The Morgan fingerprint density at radius 3 is 2.86 bits per heavy atom. The van der Waals surface area contributed by atoms with Gasteiger partial charge < -0.3 is 14.4 Å². The number of hydrogen-bond acceptors (Lipinski definition) is 4. The van der Waals surface area contributed by atoms with E-state index in [0.29, 0.717) is 6.61 Å². The molecule has 5 heteroatoms. The highest BCUT2D eigenvalue weighted by atomic mass is 16.6. The lowest BCUT2D eigenvalue weighted by Crippen LogP contribution is -2.43. The third-order valence-electron chi connectivity index (χ3n) is 5.36. The molecule has 1 saturated heterocycles. The molecule has 1 fully saturated rings. The smallest absolute Gasteiger partial charge is 0.410 e. The predicted octanol–water partition coefficient (Wildman–Crippen LogP) is 4.76. The molecule has 0 saturated carbocycles. The largest absolute Gasteiger partial charge is 0.444 e. The van der Waals surface area contributed by atoms with Gasteiger partial charge in [0.05, 0.1) is 18.3 Å². The van der Waals surface area contributed by atoms with E-state index in [9.17, 15) is 4.79 Å². The van der Waals surface area contributed by atoms with Gasteiger partial charge in [-0.1, -0.05) is 18.2 Å². The van der Waals surface area contributed by atoms with Gasteiger partial charge in [0.15, 0.2) is 0 Å². The fourth-order valence-corrected chi connectivity index (χ4v) is 4.15. The summed E-state index contributed by atoms with van der Waals surface area (Å²) in [5, 5.41) is 0. The van der Waals surface area contributed by atoms with Crippen LogP contribution in [0, 0.1) is 0 Å². The van der Waals surface area contributed by atoms with Crippen molar-refractivity contribution in [2.75, 3.05) is 13.2 Å². The normalized spacial score (nSPS) is 22.0. The van der Waals surface area contributed by atoms with Crippen molar-refractivity contribution < 1.29 is 14.3 Å². The first-order chi connectivity index (χ1) is 13.4. The summed E-state index contributed by atoms with van der Waals surface area (Å²) in [7, 11) is 0. The Hall–Kier alpha value is -2.40. The first-order valence-corrected chi connectivity index (χ1v) is 10.1. The van der Waals surface area contributed by atoms with Crippen LogP contribution in [0.25, 0.3) is 11.3 Å². The highest BCUT2D eigenvalue weighted by molar-refractivity contribution is 5.69. The molecule has 148 valence electrons. The summed E-state index contributed by atoms with van der Waals surface area (Å²) in [6.45, 7) is 7.10. The minimum absolute atomic E-state index is 0.0228. The number of pyridine rings is 1. The Balaban J connectivity index is 1.59. The third-order valence-corrected chi connectivity index (χ3v) is 5.36. The van der Waals surface area contributed by atoms with Crippen molar-refractivity contribution in [3.8, 4) is 11.3 Å². The molecular formula is C23H28N2O3. The molecule has 0 aliphatic carbocycles. The lowest BCUT2D eigenvalue weighted by Gasteiger charge is -2.36. The number of amides is 1. The van der Waals surface area contributed by atoms with Crippen molar-refractivity contribution in [1.82, 2.24) is 9.88 Å². The van der Waals surface area contributed by atoms with Gasteiger partial charge in [0.25, 0.3) is 0 Å². The van der Waals surface area contributed by atoms with E-state index in [1.54, 1.807) is 0 Å². The van der Waals surface area contributed by atoms with Gasteiger partial charge in [0, 0.05) is 18.3 Å². The van der Waals surface area contributed by atoms with E-state index in [1.165, 1.54) is 11.1 Å². The molecule has 4 rings (SSSR count). The van der Waals surface area contributed by atoms with E-state index in [2.05, 4.69) is 23.2 Å². The molecule has 0 spiro atoms. The quantitative estimate of drug-likeness (QED) is 0.754. The number of rotatable bonds is 2. The Kier molecular flexibility index (Phi) is 5.11. The van der Waals surface area contributed by atoms with E-state index in [0.717, 1.165) is 37.1 Å². The topological polar surface area (TPSA) is 51.7 Å². The van der Waals surface area contributed by atoms with Gasteiger partial charge in [-0.2, -0.15) is 0 Å². The van der Waals surface area contributed by atoms with Gasteiger partial charge in [0.2, 0.25) is 0 Å². The first-order valence-electron chi connectivity index (χ1n) is 10.1. The van der Waals surface area contributed by atoms with Gasteiger partial charge in [-0.15, -0.1) is 0 Å². The van der Waals surface area contributed by atoms with Crippen LogP contribution < -0.4 is 0 Å². The molecule has 0 bridgehead atoms. The molecule has 1 amide bonds. The molecule has 3 heterocycles. The number of carbonyl (C=O) groups excluding carboxylic acids is 1. The van der Waals surface area contributed by atoms with Crippen molar-refractivity contribution in [3.05, 3.63) is 53.7 Å². The third kappa shape index (κ3) is 3.90. The van der Waals surface area contributed by atoms with Crippen molar-refractivity contribution in [2.24, 2.45) is 0 Å². The molecule has 2 aromatic rings. The van der Waals surface area contributed by atoms with Crippen LogP contribution in [0.15, 0.2) is 42.6 Å². The summed E-state index contributed by atoms with van der Waals surface area (Å²) in [4.78, 5) is 19.0. The van der Waals surface area contributed by atoms with Crippen LogP contribution in [0.3, 0.4) is 0 Å². The molecule has 28 heavy (non-hydrogen) atoms. The average Bonchev–Trinajstić information content (AvgIpc) is 3.16. The number of hydrogen-bond donors (Lipinski definition) is 0. The van der Waals surface area contributed by atoms with Crippen LogP contribution in [0.2, 0.25) is 0 Å². The summed E-state index contributed by atoms with van der Waals surface area (Å²) in [5.74, 6) is 0. The lowest BCUT2D eigenvalue weighted by molar-refractivity contribution is -0.0265. The Labute approximate surface area is 166 Å². The number of ether oxygens (including phenoxy) is 2. The number of carbonyl (C=O) groups is 1. The molecule has 0 radical (unpaired) electrons. The number of nitrogens with zero attached hydrogens (tertiary/aromatic N) is 2. The summed E-state index contributed by atoms with van der Waals surface area (Å²) >= 11 is 0. The van der Waals surface area contributed by atoms with Crippen molar-refractivity contribution in [1.29, 1.82) is 0 Å². The molecule has 5 nitrogen and oxygen atoms in total. The monoisotopic (exact) mass is 380 g/mol. The molecular weight excluding hydrogens is 352 g/mol. The van der Waals surface area contributed by atoms with Crippen LogP contribution in [0.5, 0.6) is 0 Å². The number of aromatic nitrogens is 1. The van der Waals surface area contributed by atoms with Crippen molar-refractivity contribution >= 4 is 6.09 Å². The fraction of sp³-hybridized carbons (Fsp3) is 0.478. The van der Waals surface area contributed by atoms with Gasteiger partial charge in [-0.3, -0.25) is 4.98 Å².